The molecule has 112 valence electrons. The van der Waals surface area contributed by atoms with Gasteiger partial charge in [0, 0.05) is 16.7 Å². The molecule has 2 aromatic carbocycles. The maximum atomic E-state index is 9.97. The molecule has 2 N–H and O–H groups in total. The van der Waals surface area contributed by atoms with Gasteiger partial charge < -0.3 is 15.2 Å². The summed E-state index contributed by atoms with van der Waals surface area (Å²) in [6.07, 6.45) is -0.564. The molecular formula is C17H20BrNO2. The number of rotatable bonds is 6. The molecule has 0 aliphatic carbocycles. The third-order valence-corrected chi connectivity index (χ3v) is 3.78. The fourth-order valence-electron chi connectivity index (χ4n) is 1.90. The standard InChI is InChI=1S/C17H20BrNO2/c1-12-6-7-15(8-13(12)2)19-10-16(20)11-21-17-5-3-4-14(18)9-17/h3-9,16,19-20H,10-11H2,1-2H3. The maximum absolute atomic E-state index is 9.97. The van der Waals surface area contributed by atoms with Gasteiger partial charge in [0.25, 0.3) is 0 Å². The van der Waals surface area contributed by atoms with Crippen LogP contribution in [0.15, 0.2) is 46.9 Å². The van der Waals surface area contributed by atoms with E-state index in [0.717, 1.165) is 15.9 Å². The SMILES string of the molecule is Cc1ccc(NCC(O)COc2cccc(Br)c2)cc1C. The molecule has 0 bridgehead atoms. The Kier molecular flexibility index (Phi) is 5.65. The van der Waals surface area contributed by atoms with Crippen molar-refractivity contribution >= 4 is 21.6 Å². The number of hydrogen-bond acceptors (Lipinski definition) is 3. The second-order valence-corrected chi connectivity index (χ2v) is 6.02. The number of anilines is 1. The first-order valence-electron chi connectivity index (χ1n) is 6.92. The van der Waals surface area contributed by atoms with Crippen LogP contribution in [-0.2, 0) is 0 Å². The van der Waals surface area contributed by atoms with Gasteiger partial charge in [-0.05, 0) is 55.3 Å². The molecule has 0 spiro atoms. The summed E-state index contributed by atoms with van der Waals surface area (Å²) in [4.78, 5) is 0. The van der Waals surface area contributed by atoms with E-state index in [1.165, 1.54) is 11.1 Å². The second-order valence-electron chi connectivity index (χ2n) is 5.10. The highest BCUT2D eigenvalue weighted by molar-refractivity contribution is 9.10. The molecule has 0 heterocycles. The number of aryl methyl sites for hydroxylation is 2. The zero-order valence-corrected chi connectivity index (χ0v) is 13.9. The topological polar surface area (TPSA) is 41.5 Å². The highest BCUT2D eigenvalue weighted by Gasteiger charge is 2.06. The molecule has 0 aliphatic heterocycles. The van der Waals surface area contributed by atoms with Gasteiger partial charge in [0.1, 0.15) is 18.5 Å². The molecule has 2 aromatic rings. The monoisotopic (exact) mass is 349 g/mol. The first-order valence-corrected chi connectivity index (χ1v) is 7.71. The van der Waals surface area contributed by atoms with E-state index in [1.54, 1.807) is 0 Å². The van der Waals surface area contributed by atoms with Gasteiger partial charge in [-0.1, -0.05) is 28.1 Å². The van der Waals surface area contributed by atoms with Crippen LogP contribution in [0.4, 0.5) is 5.69 Å². The first-order chi connectivity index (χ1) is 10.0. The van der Waals surface area contributed by atoms with E-state index in [4.69, 9.17) is 4.74 Å². The van der Waals surface area contributed by atoms with Crippen molar-refractivity contribution in [3.63, 3.8) is 0 Å². The van der Waals surface area contributed by atoms with Gasteiger partial charge >= 0.3 is 0 Å². The van der Waals surface area contributed by atoms with Crippen molar-refractivity contribution in [3.8, 4) is 5.75 Å². The predicted octanol–water partition coefficient (Wildman–Crippen LogP) is 3.92. The van der Waals surface area contributed by atoms with Crippen LogP contribution in [0.1, 0.15) is 11.1 Å². The Balaban J connectivity index is 1.79. The molecule has 0 saturated heterocycles. The fraction of sp³-hybridized carbons (Fsp3) is 0.294. The average molecular weight is 350 g/mol. The van der Waals surface area contributed by atoms with Crippen molar-refractivity contribution in [2.75, 3.05) is 18.5 Å². The summed E-state index contributed by atoms with van der Waals surface area (Å²) in [5.41, 5.74) is 3.51. The molecule has 0 aliphatic rings. The molecule has 1 atom stereocenters. The molecule has 21 heavy (non-hydrogen) atoms. The van der Waals surface area contributed by atoms with Crippen LogP contribution >= 0.6 is 15.9 Å². The van der Waals surface area contributed by atoms with Crippen molar-refractivity contribution in [1.29, 1.82) is 0 Å². The molecule has 4 heteroatoms. The average Bonchev–Trinajstić information content (AvgIpc) is 2.46. The van der Waals surface area contributed by atoms with Crippen LogP contribution in [0.3, 0.4) is 0 Å². The van der Waals surface area contributed by atoms with Crippen molar-refractivity contribution in [1.82, 2.24) is 0 Å². The number of ether oxygens (including phenoxy) is 1. The van der Waals surface area contributed by atoms with Gasteiger partial charge in [0.05, 0.1) is 0 Å². The predicted molar refractivity (Wildman–Crippen MR) is 90.0 cm³/mol. The quantitative estimate of drug-likeness (QED) is 0.830. The van der Waals surface area contributed by atoms with Crippen LogP contribution in [0, 0.1) is 13.8 Å². The van der Waals surface area contributed by atoms with Crippen LogP contribution < -0.4 is 10.1 Å². The minimum atomic E-state index is -0.564. The summed E-state index contributed by atoms with van der Waals surface area (Å²) < 4.78 is 6.52. The Morgan fingerprint density at radius 2 is 1.95 bits per heavy atom. The van der Waals surface area contributed by atoms with E-state index in [9.17, 15) is 5.11 Å². The summed E-state index contributed by atoms with van der Waals surface area (Å²) in [5.74, 6) is 0.745. The Bertz CT molecular complexity index is 601. The lowest BCUT2D eigenvalue weighted by Crippen LogP contribution is -2.26. The van der Waals surface area contributed by atoms with Crippen molar-refractivity contribution < 1.29 is 9.84 Å². The Hall–Kier alpha value is -1.52. The highest BCUT2D eigenvalue weighted by atomic mass is 79.9. The van der Waals surface area contributed by atoms with Gasteiger partial charge in [0.15, 0.2) is 0 Å². The number of nitrogens with one attached hydrogen (secondary N) is 1. The van der Waals surface area contributed by atoms with E-state index >= 15 is 0 Å². The van der Waals surface area contributed by atoms with Crippen LogP contribution in [0.2, 0.25) is 0 Å². The first kappa shape index (κ1) is 15.9. The Morgan fingerprint density at radius 3 is 2.67 bits per heavy atom. The van der Waals surface area contributed by atoms with E-state index in [-0.39, 0.29) is 6.61 Å². The normalized spacial score (nSPS) is 12.0. The largest absolute Gasteiger partial charge is 0.491 e. The molecule has 1 unspecified atom stereocenters. The van der Waals surface area contributed by atoms with Crippen molar-refractivity contribution in [3.05, 3.63) is 58.1 Å². The Morgan fingerprint density at radius 1 is 1.14 bits per heavy atom. The summed E-state index contributed by atoms with van der Waals surface area (Å²) >= 11 is 3.39. The van der Waals surface area contributed by atoms with Gasteiger partial charge in [-0.3, -0.25) is 0 Å². The molecule has 3 nitrogen and oxygen atoms in total. The molecule has 0 fully saturated rings. The number of benzene rings is 2. The smallest absolute Gasteiger partial charge is 0.120 e. The summed E-state index contributed by atoms with van der Waals surface area (Å²) in [5, 5.41) is 13.2. The maximum Gasteiger partial charge on any atom is 0.120 e. The van der Waals surface area contributed by atoms with E-state index in [0.29, 0.717) is 6.54 Å². The third kappa shape index (κ3) is 5.06. The van der Waals surface area contributed by atoms with E-state index in [2.05, 4.69) is 47.2 Å². The molecule has 2 rings (SSSR count). The lowest BCUT2D eigenvalue weighted by Gasteiger charge is -2.15. The summed E-state index contributed by atoms with van der Waals surface area (Å²) in [6.45, 7) is 4.87. The molecule has 0 saturated carbocycles. The summed E-state index contributed by atoms with van der Waals surface area (Å²) in [7, 11) is 0. The number of hydrogen-bond donors (Lipinski definition) is 2. The zero-order chi connectivity index (χ0) is 15.2. The highest BCUT2D eigenvalue weighted by Crippen LogP contribution is 2.18. The van der Waals surface area contributed by atoms with Crippen molar-refractivity contribution in [2.45, 2.75) is 20.0 Å². The number of aliphatic hydroxyl groups is 1. The Labute approximate surface area is 134 Å². The fourth-order valence-corrected chi connectivity index (χ4v) is 2.27. The minimum Gasteiger partial charge on any atom is -0.491 e. The van der Waals surface area contributed by atoms with Crippen LogP contribution in [-0.4, -0.2) is 24.4 Å². The molecule has 0 aromatic heterocycles. The van der Waals surface area contributed by atoms with Gasteiger partial charge in [0.2, 0.25) is 0 Å². The molecular weight excluding hydrogens is 330 g/mol. The molecule has 0 amide bonds. The van der Waals surface area contributed by atoms with E-state index in [1.807, 2.05) is 30.3 Å². The second kappa shape index (κ2) is 7.48. The van der Waals surface area contributed by atoms with Gasteiger partial charge in [-0.25, -0.2) is 0 Å². The van der Waals surface area contributed by atoms with Crippen LogP contribution in [0.25, 0.3) is 0 Å². The van der Waals surface area contributed by atoms with Gasteiger partial charge in [-0.15, -0.1) is 0 Å². The van der Waals surface area contributed by atoms with Crippen LogP contribution in [0.5, 0.6) is 5.75 Å². The lowest BCUT2D eigenvalue weighted by molar-refractivity contribution is 0.117. The third-order valence-electron chi connectivity index (χ3n) is 3.29. The number of aliphatic hydroxyl groups excluding tert-OH is 1. The minimum absolute atomic E-state index is 0.258. The number of halogens is 1. The molecule has 0 radical (unpaired) electrons. The van der Waals surface area contributed by atoms with Crippen molar-refractivity contribution in [2.24, 2.45) is 0 Å². The lowest BCUT2D eigenvalue weighted by atomic mass is 10.1. The summed E-state index contributed by atoms with van der Waals surface area (Å²) in [6, 6.07) is 13.8. The van der Waals surface area contributed by atoms with E-state index < -0.39 is 6.10 Å². The van der Waals surface area contributed by atoms with Gasteiger partial charge in [-0.2, -0.15) is 0 Å². The zero-order valence-electron chi connectivity index (χ0n) is 12.3.